The Morgan fingerprint density at radius 2 is 2.00 bits per heavy atom. The van der Waals surface area contributed by atoms with E-state index in [1.54, 1.807) is 0 Å². The molecule has 1 heterocycles. The van der Waals surface area contributed by atoms with E-state index in [4.69, 9.17) is 23.2 Å². The Morgan fingerprint density at radius 3 is 2.52 bits per heavy atom. The molecule has 1 N–H and O–H groups in total. The van der Waals surface area contributed by atoms with Crippen molar-refractivity contribution in [3.05, 3.63) is 37.9 Å². The predicted molar refractivity (Wildman–Crippen MR) is 76.7 cm³/mol. The molecule has 2 fully saturated rings. The maximum atomic E-state index is 12.3. The highest BCUT2D eigenvalue weighted by atomic mass is 35.5. The Morgan fingerprint density at radius 1 is 1.38 bits per heavy atom. The largest absolute Gasteiger partial charge is 0.386 e. The predicted octanol–water partition coefficient (Wildman–Crippen LogP) is 2.50. The van der Waals surface area contributed by atoms with Gasteiger partial charge in [0.05, 0.1) is 23.0 Å². The monoisotopic (exact) mass is 330 g/mol. The highest BCUT2D eigenvalue weighted by molar-refractivity contribution is 6.43. The van der Waals surface area contributed by atoms with E-state index in [0.717, 1.165) is 18.9 Å². The van der Waals surface area contributed by atoms with Crippen LogP contribution in [0.25, 0.3) is 0 Å². The molecule has 0 atom stereocenters. The molecule has 6 nitrogen and oxygen atoms in total. The third-order valence-corrected chi connectivity index (χ3v) is 4.80. The number of nitrogens with zero attached hydrogens (tertiary/aromatic N) is 2. The maximum Gasteiger partial charge on any atom is 0.290 e. The van der Waals surface area contributed by atoms with Crippen LogP contribution in [0.2, 0.25) is 10.0 Å². The van der Waals surface area contributed by atoms with Crippen LogP contribution in [-0.2, 0) is 0 Å². The Kier molecular flexibility index (Phi) is 3.35. The molecule has 8 heteroatoms. The fourth-order valence-corrected chi connectivity index (χ4v) is 3.04. The van der Waals surface area contributed by atoms with Crippen LogP contribution >= 0.6 is 23.2 Å². The van der Waals surface area contributed by atoms with Crippen LogP contribution in [0.4, 0.5) is 5.69 Å². The fraction of sp³-hybridized carbons (Fsp3) is 0.462. The van der Waals surface area contributed by atoms with Crippen LogP contribution < -0.4 is 0 Å². The smallest absolute Gasteiger partial charge is 0.290 e. The molecule has 1 saturated heterocycles. The highest BCUT2D eigenvalue weighted by Gasteiger charge is 2.53. The molecule has 0 spiro atoms. The van der Waals surface area contributed by atoms with Gasteiger partial charge in [-0.3, -0.25) is 14.9 Å². The third-order valence-electron chi connectivity index (χ3n) is 4.01. The minimum Gasteiger partial charge on any atom is -0.386 e. The van der Waals surface area contributed by atoms with Crippen molar-refractivity contribution in [2.45, 2.75) is 18.4 Å². The second-order valence-electron chi connectivity index (χ2n) is 5.59. The molecule has 0 bridgehead atoms. The summed E-state index contributed by atoms with van der Waals surface area (Å²) in [5, 5.41) is 20.9. The van der Waals surface area contributed by atoms with Gasteiger partial charge in [0.15, 0.2) is 0 Å². The summed E-state index contributed by atoms with van der Waals surface area (Å²) < 4.78 is 0. The maximum absolute atomic E-state index is 12.3. The zero-order chi connectivity index (χ0) is 15.4. The summed E-state index contributed by atoms with van der Waals surface area (Å²) in [7, 11) is 0. The van der Waals surface area contributed by atoms with Crippen molar-refractivity contribution >= 4 is 34.8 Å². The number of benzene rings is 1. The van der Waals surface area contributed by atoms with Crippen molar-refractivity contribution in [1.82, 2.24) is 4.90 Å². The van der Waals surface area contributed by atoms with Crippen LogP contribution in [0, 0.1) is 16.0 Å². The van der Waals surface area contributed by atoms with E-state index < -0.39 is 16.2 Å². The zero-order valence-electron chi connectivity index (χ0n) is 10.9. The topological polar surface area (TPSA) is 83.7 Å². The molecule has 2 aliphatic rings. The summed E-state index contributed by atoms with van der Waals surface area (Å²) >= 11 is 11.6. The van der Waals surface area contributed by atoms with Crippen molar-refractivity contribution in [1.29, 1.82) is 0 Å². The number of halogens is 2. The molecule has 21 heavy (non-hydrogen) atoms. The number of carbonyl (C=O) groups excluding carboxylic acids is 1. The molecule has 1 aromatic carbocycles. The Balaban J connectivity index is 1.81. The van der Waals surface area contributed by atoms with Gasteiger partial charge in [-0.1, -0.05) is 23.2 Å². The van der Waals surface area contributed by atoms with E-state index in [1.165, 1.54) is 11.0 Å². The molecule has 1 aliphatic heterocycles. The molecule has 0 unspecified atom stereocenters. The molecule has 1 aliphatic carbocycles. The average molecular weight is 331 g/mol. The number of aliphatic hydroxyl groups is 1. The summed E-state index contributed by atoms with van der Waals surface area (Å²) in [5.74, 6) is -0.119. The summed E-state index contributed by atoms with van der Waals surface area (Å²) in [6, 6.07) is 2.43. The number of likely N-dealkylation sites (tertiary alicyclic amines) is 1. The van der Waals surface area contributed by atoms with Gasteiger partial charge in [0.1, 0.15) is 10.6 Å². The van der Waals surface area contributed by atoms with Crippen molar-refractivity contribution < 1.29 is 14.8 Å². The van der Waals surface area contributed by atoms with Crippen molar-refractivity contribution in [2.24, 2.45) is 5.92 Å². The molecule has 3 rings (SSSR count). The van der Waals surface area contributed by atoms with Crippen LogP contribution in [0.3, 0.4) is 0 Å². The minimum absolute atomic E-state index is 0.0350. The van der Waals surface area contributed by atoms with Crippen molar-refractivity contribution in [3.8, 4) is 0 Å². The van der Waals surface area contributed by atoms with Gasteiger partial charge >= 0.3 is 0 Å². The standard InChI is InChI=1S/C13H12Cl2N2O4/c14-9-3-7(4-10(11(9)15)17(20)21)12(18)16-5-13(19,6-16)8-1-2-8/h3-4,8,19H,1-2,5-6H2. The first-order chi connectivity index (χ1) is 9.82. The second kappa shape index (κ2) is 4.83. The summed E-state index contributed by atoms with van der Waals surface area (Å²) in [5.41, 5.74) is -1.09. The van der Waals surface area contributed by atoms with Crippen molar-refractivity contribution in [3.63, 3.8) is 0 Å². The third kappa shape index (κ3) is 2.47. The molecular weight excluding hydrogens is 319 g/mol. The van der Waals surface area contributed by atoms with Crippen LogP contribution in [0.15, 0.2) is 12.1 Å². The Hall–Kier alpha value is -1.37. The van der Waals surface area contributed by atoms with E-state index in [9.17, 15) is 20.0 Å². The van der Waals surface area contributed by atoms with Gasteiger partial charge in [-0.15, -0.1) is 0 Å². The van der Waals surface area contributed by atoms with Crippen LogP contribution in [-0.4, -0.2) is 39.5 Å². The highest BCUT2D eigenvalue weighted by Crippen LogP contribution is 2.45. The van der Waals surface area contributed by atoms with Gasteiger partial charge in [-0.2, -0.15) is 0 Å². The summed E-state index contributed by atoms with van der Waals surface area (Å²) in [4.78, 5) is 24.0. The number of nitro groups is 1. The summed E-state index contributed by atoms with van der Waals surface area (Å²) in [6.07, 6.45) is 1.97. The van der Waals surface area contributed by atoms with E-state index >= 15 is 0 Å². The van der Waals surface area contributed by atoms with Crippen LogP contribution in [0.1, 0.15) is 23.2 Å². The van der Waals surface area contributed by atoms with E-state index in [1.807, 2.05) is 0 Å². The zero-order valence-corrected chi connectivity index (χ0v) is 12.4. The lowest BCUT2D eigenvalue weighted by Gasteiger charge is -2.47. The minimum atomic E-state index is -0.794. The molecule has 1 aromatic rings. The number of carbonyl (C=O) groups is 1. The molecular formula is C13H12Cl2N2O4. The molecule has 0 aromatic heterocycles. The number of nitro benzene ring substituents is 1. The first-order valence-electron chi connectivity index (χ1n) is 6.47. The average Bonchev–Trinajstić information content (AvgIpc) is 3.21. The van der Waals surface area contributed by atoms with E-state index in [0.29, 0.717) is 0 Å². The van der Waals surface area contributed by atoms with Gasteiger partial charge in [-0.25, -0.2) is 0 Å². The lowest BCUT2D eigenvalue weighted by Crippen LogP contribution is -2.64. The van der Waals surface area contributed by atoms with E-state index in [2.05, 4.69) is 0 Å². The number of hydrogen-bond acceptors (Lipinski definition) is 4. The number of rotatable bonds is 3. The van der Waals surface area contributed by atoms with Gasteiger partial charge in [0.25, 0.3) is 11.6 Å². The molecule has 112 valence electrons. The van der Waals surface area contributed by atoms with Gasteiger partial charge < -0.3 is 10.0 Å². The SMILES string of the molecule is O=C(c1cc(Cl)c(Cl)c([N+](=O)[O-])c1)N1CC(O)(C2CC2)C1. The van der Waals surface area contributed by atoms with Crippen LogP contribution in [0.5, 0.6) is 0 Å². The lowest BCUT2D eigenvalue weighted by atomic mass is 9.88. The molecule has 0 radical (unpaired) electrons. The lowest BCUT2D eigenvalue weighted by molar-refractivity contribution is -0.384. The first kappa shape index (κ1) is 14.6. The molecule has 1 saturated carbocycles. The quantitative estimate of drug-likeness (QED) is 0.681. The normalized spacial score (nSPS) is 20.0. The van der Waals surface area contributed by atoms with E-state index in [-0.39, 0.29) is 40.5 Å². The fourth-order valence-electron chi connectivity index (χ4n) is 2.65. The van der Waals surface area contributed by atoms with Crippen molar-refractivity contribution in [2.75, 3.05) is 13.1 Å². The number of β-amino-alcohol motifs (C(OH)–C–C–N with tert-alkyl or cyclic N) is 1. The Labute approximate surface area is 130 Å². The number of amides is 1. The second-order valence-corrected chi connectivity index (χ2v) is 6.37. The van der Waals surface area contributed by atoms with Gasteiger partial charge in [0.2, 0.25) is 0 Å². The summed E-state index contributed by atoms with van der Waals surface area (Å²) in [6.45, 7) is 0.509. The Bertz CT molecular complexity index is 639. The number of hydrogen-bond donors (Lipinski definition) is 1. The van der Waals surface area contributed by atoms with Gasteiger partial charge in [-0.05, 0) is 24.8 Å². The van der Waals surface area contributed by atoms with Gasteiger partial charge in [0, 0.05) is 11.6 Å². The molecule has 1 amide bonds. The first-order valence-corrected chi connectivity index (χ1v) is 7.22.